The molecule has 0 saturated heterocycles. The monoisotopic (exact) mass is 199 g/mol. The van der Waals surface area contributed by atoms with Crippen molar-refractivity contribution in [1.29, 1.82) is 5.26 Å². The van der Waals surface area contributed by atoms with Crippen molar-refractivity contribution in [2.75, 3.05) is 5.32 Å². The van der Waals surface area contributed by atoms with Gasteiger partial charge in [-0.15, -0.1) is 0 Å². The maximum absolute atomic E-state index is 8.67. The quantitative estimate of drug-likeness (QED) is 0.794. The highest BCUT2D eigenvalue weighted by Crippen LogP contribution is 2.13. The van der Waals surface area contributed by atoms with Gasteiger partial charge < -0.3 is 5.32 Å². The number of hydrogen-bond acceptors (Lipinski definition) is 4. The SMILES string of the molecule is Cn1ccc(Nc2ccnc(C#N)c2)n1. The van der Waals surface area contributed by atoms with Gasteiger partial charge in [0.25, 0.3) is 0 Å². The van der Waals surface area contributed by atoms with Crippen molar-refractivity contribution in [3.05, 3.63) is 36.3 Å². The Bertz CT molecular complexity index is 509. The maximum Gasteiger partial charge on any atom is 0.152 e. The predicted octanol–water partition coefficient (Wildman–Crippen LogP) is 1.43. The zero-order valence-electron chi connectivity index (χ0n) is 8.18. The number of aryl methyl sites for hydroxylation is 1. The first-order valence-electron chi connectivity index (χ1n) is 4.41. The molecule has 0 amide bonds. The van der Waals surface area contributed by atoms with E-state index in [9.17, 15) is 0 Å². The molecular formula is C10H9N5. The highest BCUT2D eigenvalue weighted by Gasteiger charge is 1.98. The van der Waals surface area contributed by atoms with Crippen LogP contribution >= 0.6 is 0 Å². The van der Waals surface area contributed by atoms with E-state index in [4.69, 9.17) is 5.26 Å². The number of rotatable bonds is 2. The van der Waals surface area contributed by atoms with Crippen LogP contribution in [0.4, 0.5) is 11.5 Å². The maximum atomic E-state index is 8.67. The molecule has 0 spiro atoms. The Hall–Kier alpha value is -2.35. The third-order valence-corrected chi connectivity index (χ3v) is 1.86. The second kappa shape index (κ2) is 3.80. The van der Waals surface area contributed by atoms with Crippen LogP contribution in [0.25, 0.3) is 0 Å². The summed E-state index contributed by atoms with van der Waals surface area (Å²) in [4.78, 5) is 3.88. The van der Waals surface area contributed by atoms with Gasteiger partial charge in [0.15, 0.2) is 5.82 Å². The molecule has 0 bridgehead atoms. The molecule has 0 aromatic carbocycles. The summed E-state index contributed by atoms with van der Waals surface area (Å²) in [7, 11) is 1.85. The van der Waals surface area contributed by atoms with Crippen LogP contribution in [0.2, 0.25) is 0 Å². The van der Waals surface area contributed by atoms with Gasteiger partial charge in [0.1, 0.15) is 11.8 Å². The fraction of sp³-hybridized carbons (Fsp3) is 0.100. The average Bonchev–Trinajstić information content (AvgIpc) is 2.64. The van der Waals surface area contributed by atoms with Gasteiger partial charge >= 0.3 is 0 Å². The number of hydrogen-bond donors (Lipinski definition) is 1. The summed E-state index contributed by atoms with van der Waals surface area (Å²) in [6, 6.07) is 7.30. The van der Waals surface area contributed by atoms with E-state index < -0.39 is 0 Å². The van der Waals surface area contributed by atoms with Crippen molar-refractivity contribution in [3.63, 3.8) is 0 Å². The Balaban J connectivity index is 2.21. The zero-order chi connectivity index (χ0) is 10.7. The molecule has 0 fully saturated rings. The van der Waals surface area contributed by atoms with Gasteiger partial charge in [-0.25, -0.2) is 4.98 Å². The Morgan fingerprint density at radius 2 is 2.33 bits per heavy atom. The highest BCUT2D eigenvalue weighted by atomic mass is 15.3. The van der Waals surface area contributed by atoms with Crippen LogP contribution in [0.5, 0.6) is 0 Å². The Kier molecular flexibility index (Phi) is 2.33. The standard InChI is InChI=1S/C10H9N5/c1-15-5-3-10(14-15)13-8-2-4-12-9(6-8)7-11/h2-6H,1H3,(H,12,13,14). The van der Waals surface area contributed by atoms with Crippen molar-refractivity contribution in [2.45, 2.75) is 0 Å². The fourth-order valence-corrected chi connectivity index (χ4v) is 1.20. The van der Waals surface area contributed by atoms with Crippen LogP contribution in [0.15, 0.2) is 30.6 Å². The first-order valence-corrected chi connectivity index (χ1v) is 4.41. The van der Waals surface area contributed by atoms with E-state index in [0.717, 1.165) is 11.5 Å². The van der Waals surface area contributed by atoms with E-state index in [-0.39, 0.29) is 0 Å². The molecule has 0 aliphatic rings. The first kappa shape index (κ1) is 9.21. The minimum absolute atomic E-state index is 0.385. The van der Waals surface area contributed by atoms with Gasteiger partial charge in [-0.3, -0.25) is 4.68 Å². The van der Waals surface area contributed by atoms with Crippen molar-refractivity contribution in [1.82, 2.24) is 14.8 Å². The van der Waals surface area contributed by atoms with Crippen LogP contribution in [0.3, 0.4) is 0 Å². The van der Waals surface area contributed by atoms with Crippen molar-refractivity contribution >= 4 is 11.5 Å². The number of nitriles is 1. The number of nitrogens with zero attached hydrogens (tertiary/aromatic N) is 4. The second-order valence-corrected chi connectivity index (χ2v) is 3.04. The fourth-order valence-electron chi connectivity index (χ4n) is 1.20. The molecule has 2 aromatic heterocycles. The molecule has 0 aliphatic heterocycles. The lowest BCUT2D eigenvalue weighted by molar-refractivity contribution is 0.771. The molecule has 0 radical (unpaired) electrons. The zero-order valence-corrected chi connectivity index (χ0v) is 8.18. The largest absolute Gasteiger partial charge is 0.339 e. The Morgan fingerprint density at radius 3 is 3.00 bits per heavy atom. The van der Waals surface area contributed by atoms with Crippen LogP contribution < -0.4 is 5.32 Å². The van der Waals surface area contributed by atoms with Gasteiger partial charge in [-0.1, -0.05) is 0 Å². The number of anilines is 2. The smallest absolute Gasteiger partial charge is 0.152 e. The number of nitrogens with one attached hydrogen (secondary N) is 1. The molecule has 2 heterocycles. The lowest BCUT2D eigenvalue weighted by Gasteiger charge is -2.01. The van der Waals surface area contributed by atoms with E-state index in [1.54, 1.807) is 23.0 Å². The average molecular weight is 199 g/mol. The molecule has 0 aliphatic carbocycles. The van der Waals surface area contributed by atoms with Crippen LogP contribution in [0, 0.1) is 11.3 Å². The summed E-state index contributed by atoms with van der Waals surface area (Å²) >= 11 is 0. The van der Waals surface area contributed by atoms with E-state index in [1.807, 2.05) is 25.4 Å². The highest BCUT2D eigenvalue weighted by molar-refractivity contribution is 5.56. The third-order valence-electron chi connectivity index (χ3n) is 1.86. The molecule has 5 nitrogen and oxygen atoms in total. The molecule has 15 heavy (non-hydrogen) atoms. The summed E-state index contributed by atoms with van der Waals surface area (Å²) in [5, 5.41) is 15.9. The van der Waals surface area contributed by atoms with E-state index in [0.29, 0.717) is 5.69 Å². The molecule has 74 valence electrons. The van der Waals surface area contributed by atoms with Gasteiger partial charge in [0, 0.05) is 31.2 Å². The molecule has 2 rings (SSSR count). The lowest BCUT2D eigenvalue weighted by Crippen LogP contribution is -1.94. The Morgan fingerprint density at radius 1 is 1.47 bits per heavy atom. The molecule has 1 N–H and O–H groups in total. The molecule has 2 aromatic rings. The van der Waals surface area contributed by atoms with E-state index in [2.05, 4.69) is 15.4 Å². The van der Waals surface area contributed by atoms with Crippen molar-refractivity contribution in [3.8, 4) is 6.07 Å². The number of aromatic nitrogens is 3. The van der Waals surface area contributed by atoms with Gasteiger partial charge in [0.05, 0.1) is 0 Å². The van der Waals surface area contributed by atoms with E-state index >= 15 is 0 Å². The Labute approximate surface area is 87.0 Å². The number of pyridine rings is 1. The van der Waals surface area contributed by atoms with Gasteiger partial charge in [0.2, 0.25) is 0 Å². The van der Waals surface area contributed by atoms with Crippen LogP contribution in [-0.4, -0.2) is 14.8 Å². The molecule has 0 atom stereocenters. The van der Waals surface area contributed by atoms with E-state index in [1.165, 1.54) is 0 Å². The summed E-state index contributed by atoms with van der Waals surface area (Å²) in [5.74, 6) is 0.743. The minimum Gasteiger partial charge on any atom is -0.339 e. The lowest BCUT2D eigenvalue weighted by atomic mass is 10.3. The second-order valence-electron chi connectivity index (χ2n) is 3.04. The topological polar surface area (TPSA) is 66.5 Å². The summed E-state index contributed by atoms with van der Waals surface area (Å²) in [6.45, 7) is 0. The summed E-state index contributed by atoms with van der Waals surface area (Å²) in [6.07, 6.45) is 3.43. The third kappa shape index (κ3) is 2.11. The molecule has 5 heteroatoms. The van der Waals surface area contributed by atoms with Gasteiger partial charge in [-0.2, -0.15) is 10.4 Å². The molecule has 0 unspecified atom stereocenters. The van der Waals surface area contributed by atoms with Crippen LogP contribution in [-0.2, 0) is 7.05 Å². The van der Waals surface area contributed by atoms with Crippen LogP contribution in [0.1, 0.15) is 5.69 Å². The van der Waals surface area contributed by atoms with Crippen molar-refractivity contribution < 1.29 is 0 Å². The molecule has 0 saturated carbocycles. The minimum atomic E-state index is 0.385. The van der Waals surface area contributed by atoms with Gasteiger partial charge in [-0.05, 0) is 12.1 Å². The first-order chi connectivity index (χ1) is 7.28. The molecular weight excluding hydrogens is 190 g/mol. The normalized spacial score (nSPS) is 9.60. The summed E-state index contributed by atoms with van der Waals surface area (Å²) in [5.41, 5.74) is 1.19. The van der Waals surface area contributed by atoms with Crippen molar-refractivity contribution in [2.24, 2.45) is 7.05 Å². The predicted molar refractivity (Wildman–Crippen MR) is 55.4 cm³/mol. The summed E-state index contributed by atoms with van der Waals surface area (Å²) < 4.78 is 1.70.